The second-order valence-corrected chi connectivity index (χ2v) is 6.65. The molecule has 1 heterocycles. The van der Waals surface area contributed by atoms with Crippen molar-refractivity contribution in [1.82, 2.24) is 4.90 Å². The summed E-state index contributed by atoms with van der Waals surface area (Å²) >= 11 is 0. The number of hydrogen-bond acceptors (Lipinski definition) is 3. The highest BCUT2D eigenvalue weighted by molar-refractivity contribution is 5.92. The van der Waals surface area contributed by atoms with Gasteiger partial charge in [-0.3, -0.25) is 4.79 Å². The monoisotopic (exact) mass is 376 g/mol. The Morgan fingerprint density at radius 3 is 2.43 bits per heavy atom. The zero-order valence-electron chi connectivity index (χ0n) is 16.0. The van der Waals surface area contributed by atoms with Crippen LogP contribution in [0.15, 0.2) is 54.6 Å². The third-order valence-electron chi connectivity index (χ3n) is 4.65. The van der Waals surface area contributed by atoms with Crippen LogP contribution in [0.4, 0.5) is 10.5 Å². The van der Waals surface area contributed by atoms with E-state index in [1.165, 1.54) is 0 Å². The van der Waals surface area contributed by atoms with E-state index in [4.69, 9.17) is 4.74 Å². The second-order valence-electron chi connectivity index (χ2n) is 6.65. The number of carbonyl (C=O) groups excluding carboxylic acids is 2. The molecule has 0 radical (unpaired) electrons. The number of ether oxygens (including phenoxy) is 1. The van der Waals surface area contributed by atoms with E-state index in [-0.39, 0.29) is 17.9 Å². The smallest absolute Gasteiger partial charge is 0.409 e. The van der Waals surface area contributed by atoms with E-state index < -0.39 is 0 Å². The summed E-state index contributed by atoms with van der Waals surface area (Å²) in [7, 11) is 0. The lowest BCUT2D eigenvalue weighted by Gasteiger charge is -2.30. The highest BCUT2D eigenvalue weighted by atomic mass is 16.6. The summed E-state index contributed by atoms with van der Waals surface area (Å²) in [5.41, 5.74) is 2.53. The van der Waals surface area contributed by atoms with Crippen LogP contribution in [0, 0.1) is 17.8 Å². The quantitative estimate of drug-likeness (QED) is 0.827. The van der Waals surface area contributed by atoms with Crippen LogP contribution in [-0.4, -0.2) is 36.6 Å². The summed E-state index contributed by atoms with van der Waals surface area (Å²) in [6.07, 6.45) is 0.974. The lowest BCUT2D eigenvalue weighted by molar-refractivity contribution is -0.121. The van der Waals surface area contributed by atoms with Crippen molar-refractivity contribution < 1.29 is 14.3 Å². The normalized spacial score (nSPS) is 14.0. The minimum atomic E-state index is -0.300. The number of benzene rings is 2. The fraction of sp³-hybridized carbons (Fsp3) is 0.304. The Balaban J connectivity index is 1.57. The number of carbonyl (C=O) groups is 2. The summed E-state index contributed by atoms with van der Waals surface area (Å²) in [4.78, 5) is 26.0. The molecule has 3 rings (SSSR count). The van der Waals surface area contributed by atoms with Crippen LogP contribution in [0.1, 0.15) is 30.9 Å². The number of nitrogens with one attached hydrogen (secondary N) is 1. The zero-order chi connectivity index (χ0) is 19.8. The molecular formula is C23H24N2O3. The van der Waals surface area contributed by atoms with Crippen LogP contribution in [0.25, 0.3) is 0 Å². The molecule has 0 atom stereocenters. The SMILES string of the molecule is CCOC(=O)N1CCC(C(=O)Nc2cccc(C#Cc3ccccc3)c2)CC1. The first-order chi connectivity index (χ1) is 13.7. The second kappa shape index (κ2) is 9.61. The van der Waals surface area contributed by atoms with Crippen molar-refractivity contribution >= 4 is 17.7 Å². The van der Waals surface area contributed by atoms with Gasteiger partial charge in [0, 0.05) is 35.8 Å². The summed E-state index contributed by atoms with van der Waals surface area (Å²) in [5.74, 6) is 6.12. The summed E-state index contributed by atoms with van der Waals surface area (Å²) < 4.78 is 5.01. The Hall–Kier alpha value is -3.26. The molecule has 5 heteroatoms. The van der Waals surface area contributed by atoms with Gasteiger partial charge in [-0.2, -0.15) is 0 Å². The molecule has 0 unspecified atom stereocenters. The third-order valence-corrected chi connectivity index (χ3v) is 4.65. The molecule has 0 saturated carbocycles. The van der Waals surface area contributed by atoms with E-state index in [1.807, 2.05) is 54.6 Å². The van der Waals surface area contributed by atoms with Crippen molar-refractivity contribution in [3.05, 3.63) is 65.7 Å². The molecule has 2 aromatic rings. The predicted octanol–water partition coefficient (Wildman–Crippen LogP) is 3.89. The van der Waals surface area contributed by atoms with Gasteiger partial charge in [-0.25, -0.2) is 4.79 Å². The molecule has 2 amide bonds. The highest BCUT2D eigenvalue weighted by Crippen LogP contribution is 2.20. The highest BCUT2D eigenvalue weighted by Gasteiger charge is 2.27. The number of nitrogens with zero attached hydrogens (tertiary/aromatic N) is 1. The number of likely N-dealkylation sites (tertiary alicyclic amines) is 1. The molecule has 0 bridgehead atoms. The minimum absolute atomic E-state index is 0.0170. The summed E-state index contributed by atoms with van der Waals surface area (Å²) in [6, 6.07) is 17.3. The topological polar surface area (TPSA) is 58.6 Å². The van der Waals surface area contributed by atoms with E-state index in [1.54, 1.807) is 11.8 Å². The number of anilines is 1. The van der Waals surface area contributed by atoms with E-state index in [0.717, 1.165) is 16.8 Å². The van der Waals surface area contributed by atoms with Crippen LogP contribution in [0.3, 0.4) is 0 Å². The fourth-order valence-corrected chi connectivity index (χ4v) is 3.12. The Kier molecular flexibility index (Phi) is 6.69. The number of piperidine rings is 1. The number of amides is 2. The minimum Gasteiger partial charge on any atom is -0.450 e. The molecule has 5 nitrogen and oxygen atoms in total. The Labute approximate surface area is 165 Å². The van der Waals surface area contributed by atoms with Crippen LogP contribution in [-0.2, 0) is 9.53 Å². The number of rotatable bonds is 3. The fourth-order valence-electron chi connectivity index (χ4n) is 3.12. The van der Waals surface area contributed by atoms with Gasteiger partial charge < -0.3 is 15.0 Å². The van der Waals surface area contributed by atoms with Gasteiger partial charge in [0.25, 0.3) is 0 Å². The molecule has 0 spiro atoms. The van der Waals surface area contributed by atoms with E-state index >= 15 is 0 Å². The largest absolute Gasteiger partial charge is 0.450 e. The zero-order valence-corrected chi connectivity index (χ0v) is 16.0. The first-order valence-electron chi connectivity index (χ1n) is 9.55. The third kappa shape index (κ3) is 5.37. The Bertz CT molecular complexity index is 875. The molecule has 0 aliphatic carbocycles. The lowest BCUT2D eigenvalue weighted by atomic mass is 9.96. The van der Waals surface area contributed by atoms with Gasteiger partial charge in [-0.05, 0) is 50.1 Å². The Morgan fingerprint density at radius 1 is 1.04 bits per heavy atom. The maximum atomic E-state index is 12.6. The molecule has 0 aromatic heterocycles. The summed E-state index contributed by atoms with van der Waals surface area (Å²) in [6.45, 7) is 3.23. The van der Waals surface area contributed by atoms with E-state index in [0.29, 0.717) is 32.5 Å². The maximum absolute atomic E-state index is 12.6. The summed E-state index contributed by atoms with van der Waals surface area (Å²) in [5, 5.41) is 2.98. The standard InChI is InChI=1S/C23H24N2O3/c1-2-28-23(27)25-15-13-20(14-16-25)22(26)24-21-10-6-9-19(17-21)12-11-18-7-4-3-5-8-18/h3-10,17,20H,2,13-16H2,1H3,(H,24,26). The molecule has 144 valence electrons. The van der Waals surface area contributed by atoms with Crippen LogP contribution >= 0.6 is 0 Å². The molecular weight excluding hydrogens is 352 g/mol. The Morgan fingerprint density at radius 2 is 1.71 bits per heavy atom. The number of hydrogen-bond donors (Lipinski definition) is 1. The van der Waals surface area contributed by atoms with Gasteiger partial charge in [-0.1, -0.05) is 36.1 Å². The van der Waals surface area contributed by atoms with Crippen LogP contribution < -0.4 is 5.32 Å². The van der Waals surface area contributed by atoms with Crippen molar-refractivity contribution in [2.45, 2.75) is 19.8 Å². The van der Waals surface area contributed by atoms with Gasteiger partial charge in [0.15, 0.2) is 0 Å². The maximum Gasteiger partial charge on any atom is 0.409 e. The van der Waals surface area contributed by atoms with Crippen molar-refractivity contribution in [3.63, 3.8) is 0 Å². The van der Waals surface area contributed by atoms with E-state index in [9.17, 15) is 9.59 Å². The molecule has 2 aromatic carbocycles. The van der Waals surface area contributed by atoms with Gasteiger partial charge in [0.05, 0.1) is 6.61 Å². The van der Waals surface area contributed by atoms with Crippen molar-refractivity contribution in [3.8, 4) is 11.8 Å². The van der Waals surface area contributed by atoms with Crippen molar-refractivity contribution in [2.24, 2.45) is 5.92 Å². The van der Waals surface area contributed by atoms with Crippen LogP contribution in [0.5, 0.6) is 0 Å². The van der Waals surface area contributed by atoms with Gasteiger partial charge >= 0.3 is 6.09 Å². The predicted molar refractivity (Wildman–Crippen MR) is 109 cm³/mol. The van der Waals surface area contributed by atoms with Gasteiger partial charge in [0.2, 0.25) is 5.91 Å². The average Bonchev–Trinajstić information content (AvgIpc) is 2.73. The molecule has 1 N–H and O–H groups in total. The average molecular weight is 376 g/mol. The molecule has 1 aliphatic rings. The lowest BCUT2D eigenvalue weighted by Crippen LogP contribution is -2.41. The van der Waals surface area contributed by atoms with Crippen molar-refractivity contribution in [2.75, 3.05) is 25.0 Å². The van der Waals surface area contributed by atoms with Gasteiger partial charge in [-0.15, -0.1) is 0 Å². The van der Waals surface area contributed by atoms with E-state index in [2.05, 4.69) is 17.2 Å². The molecule has 28 heavy (non-hydrogen) atoms. The van der Waals surface area contributed by atoms with Crippen molar-refractivity contribution in [1.29, 1.82) is 0 Å². The molecule has 1 saturated heterocycles. The first-order valence-corrected chi connectivity index (χ1v) is 9.55. The van der Waals surface area contributed by atoms with Crippen LogP contribution in [0.2, 0.25) is 0 Å². The molecule has 1 aliphatic heterocycles. The van der Waals surface area contributed by atoms with Gasteiger partial charge in [0.1, 0.15) is 0 Å². The molecule has 1 fully saturated rings. The first kappa shape index (κ1) is 19.5.